The lowest BCUT2D eigenvalue weighted by molar-refractivity contribution is -0.477. The van der Waals surface area contributed by atoms with Gasteiger partial charge in [0.05, 0.1) is 6.61 Å². The van der Waals surface area contributed by atoms with E-state index in [0.29, 0.717) is 0 Å². The number of ether oxygens (including phenoxy) is 2. The molecule has 0 radical (unpaired) electrons. The molecule has 0 saturated carbocycles. The number of aliphatic hydroxyl groups is 2. The molecule has 84 valence electrons. The van der Waals surface area contributed by atoms with Crippen molar-refractivity contribution in [3.05, 3.63) is 0 Å². The van der Waals surface area contributed by atoms with Gasteiger partial charge in [-0.3, -0.25) is 0 Å². The highest BCUT2D eigenvalue weighted by Gasteiger charge is 2.44. The number of hydrogen-bond donors (Lipinski definition) is 3. The molecule has 1 aliphatic rings. The fourth-order valence-corrected chi connectivity index (χ4v) is 1.92. The molecule has 1 fully saturated rings. The first-order chi connectivity index (χ1) is 6.65. The lowest BCUT2D eigenvalue weighted by Crippen LogP contribution is -2.77. The van der Waals surface area contributed by atoms with Gasteiger partial charge in [-0.05, 0) is 6.42 Å². The second kappa shape index (κ2) is 5.04. The van der Waals surface area contributed by atoms with Gasteiger partial charge in [-0.2, -0.15) is 0 Å². The first kappa shape index (κ1) is 11.9. The highest BCUT2D eigenvalue weighted by atomic mass is 16.6. The van der Waals surface area contributed by atoms with Gasteiger partial charge < -0.3 is 25.4 Å². The standard InChI is InChI=1S/C9H19NO4/c1-3-5-7(10)8(12)9(13-2)6(4-11)14-5/h5-9,11-12H,3-4,10H2,1-2H3/p+1. The summed E-state index contributed by atoms with van der Waals surface area (Å²) < 4.78 is 10.7. The number of quaternary nitrogens is 1. The number of methoxy groups -OCH3 is 1. The van der Waals surface area contributed by atoms with Gasteiger partial charge >= 0.3 is 0 Å². The van der Waals surface area contributed by atoms with Crippen LogP contribution in [0.3, 0.4) is 0 Å². The molecule has 5 heteroatoms. The third-order valence-corrected chi connectivity index (χ3v) is 2.82. The Morgan fingerprint density at radius 2 is 2.07 bits per heavy atom. The summed E-state index contributed by atoms with van der Waals surface area (Å²) in [7, 11) is 1.50. The first-order valence-electron chi connectivity index (χ1n) is 4.95. The van der Waals surface area contributed by atoms with E-state index in [1.54, 1.807) is 0 Å². The third-order valence-electron chi connectivity index (χ3n) is 2.82. The van der Waals surface area contributed by atoms with Gasteiger partial charge in [0.25, 0.3) is 0 Å². The Balaban J connectivity index is 2.71. The van der Waals surface area contributed by atoms with Crippen molar-refractivity contribution in [1.29, 1.82) is 0 Å². The molecule has 0 bridgehead atoms. The molecule has 0 aromatic rings. The molecule has 1 heterocycles. The van der Waals surface area contributed by atoms with Crippen molar-refractivity contribution in [2.24, 2.45) is 0 Å². The van der Waals surface area contributed by atoms with Crippen LogP contribution < -0.4 is 5.73 Å². The highest BCUT2D eigenvalue weighted by Crippen LogP contribution is 2.22. The van der Waals surface area contributed by atoms with Crippen molar-refractivity contribution in [2.45, 2.75) is 43.8 Å². The van der Waals surface area contributed by atoms with Crippen molar-refractivity contribution in [2.75, 3.05) is 13.7 Å². The Morgan fingerprint density at radius 1 is 1.43 bits per heavy atom. The van der Waals surface area contributed by atoms with Crippen LogP contribution in [-0.4, -0.2) is 54.4 Å². The molecule has 0 spiro atoms. The zero-order valence-corrected chi connectivity index (χ0v) is 8.72. The largest absolute Gasteiger partial charge is 0.394 e. The van der Waals surface area contributed by atoms with Crippen LogP contribution in [0.5, 0.6) is 0 Å². The summed E-state index contributed by atoms with van der Waals surface area (Å²) in [5.41, 5.74) is 3.86. The van der Waals surface area contributed by atoms with E-state index < -0.39 is 18.3 Å². The molecule has 0 amide bonds. The van der Waals surface area contributed by atoms with Crippen LogP contribution in [0.15, 0.2) is 0 Å². The van der Waals surface area contributed by atoms with Crippen LogP contribution in [0.25, 0.3) is 0 Å². The summed E-state index contributed by atoms with van der Waals surface area (Å²) in [5, 5.41) is 18.9. The summed E-state index contributed by atoms with van der Waals surface area (Å²) in [6.45, 7) is 1.83. The zero-order valence-electron chi connectivity index (χ0n) is 8.72. The molecule has 1 saturated heterocycles. The maximum Gasteiger partial charge on any atom is 0.140 e. The number of aliphatic hydroxyl groups excluding tert-OH is 2. The topological polar surface area (TPSA) is 86.6 Å². The fourth-order valence-electron chi connectivity index (χ4n) is 1.92. The third kappa shape index (κ3) is 2.07. The van der Waals surface area contributed by atoms with E-state index in [9.17, 15) is 5.11 Å². The molecule has 0 aromatic heterocycles. The van der Waals surface area contributed by atoms with E-state index in [2.05, 4.69) is 5.73 Å². The van der Waals surface area contributed by atoms with E-state index in [1.165, 1.54) is 7.11 Å². The molecule has 1 aliphatic heterocycles. The van der Waals surface area contributed by atoms with Crippen LogP contribution in [0.4, 0.5) is 0 Å². The van der Waals surface area contributed by atoms with E-state index in [-0.39, 0.29) is 18.8 Å². The summed E-state index contributed by atoms with van der Waals surface area (Å²) in [5.74, 6) is 0. The smallest absolute Gasteiger partial charge is 0.140 e. The second-order valence-electron chi connectivity index (χ2n) is 3.66. The monoisotopic (exact) mass is 206 g/mol. The summed E-state index contributed by atoms with van der Waals surface area (Å²) in [4.78, 5) is 0. The molecule has 5 nitrogen and oxygen atoms in total. The Morgan fingerprint density at radius 3 is 2.50 bits per heavy atom. The van der Waals surface area contributed by atoms with Crippen LogP contribution >= 0.6 is 0 Å². The Hall–Kier alpha value is -0.200. The van der Waals surface area contributed by atoms with Gasteiger partial charge in [-0.1, -0.05) is 6.92 Å². The minimum atomic E-state index is -0.671. The van der Waals surface area contributed by atoms with Crippen LogP contribution in [0.2, 0.25) is 0 Å². The average Bonchev–Trinajstić information content (AvgIpc) is 2.21. The van der Waals surface area contributed by atoms with Crippen molar-refractivity contribution in [3.8, 4) is 0 Å². The minimum Gasteiger partial charge on any atom is -0.394 e. The van der Waals surface area contributed by atoms with Crippen molar-refractivity contribution < 1.29 is 25.4 Å². The van der Waals surface area contributed by atoms with Gasteiger partial charge in [0.1, 0.15) is 30.5 Å². The first-order valence-corrected chi connectivity index (χ1v) is 4.95. The predicted octanol–water partition coefficient (Wildman–Crippen LogP) is -1.86. The Bertz CT molecular complexity index is 176. The lowest BCUT2D eigenvalue weighted by Gasteiger charge is -2.40. The van der Waals surface area contributed by atoms with E-state index in [1.807, 2.05) is 6.92 Å². The van der Waals surface area contributed by atoms with Crippen molar-refractivity contribution in [3.63, 3.8) is 0 Å². The summed E-state index contributed by atoms with van der Waals surface area (Å²) in [6, 6.07) is -0.201. The quantitative estimate of drug-likeness (QED) is 0.505. The fraction of sp³-hybridized carbons (Fsp3) is 1.00. The molecule has 5 atom stereocenters. The normalized spacial score (nSPS) is 43.9. The Kier molecular flexibility index (Phi) is 4.28. The average molecular weight is 206 g/mol. The predicted molar refractivity (Wildman–Crippen MR) is 49.5 cm³/mol. The zero-order chi connectivity index (χ0) is 10.7. The maximum atomic E-state index is 9.86. The van der Waals surface area contributed by atoms with Crippen LogP contribution in [-0.2, 0) is 9.47 Å². The van der Waals surface area contributed by atoms with Crippen LogP contribution in [0, 0.1) is 0 Å². The van der Waals surface area contributed by atoms with Crippen molar-refractivity contribution in [1.82, 2.24) is 0 Å². The molecule has 0 aliphatic carbocycles. The molecular formula is C9H20NO4+. The number of rotatable bonds is 3. The molecule has 5 unspecified atom stereocenters. The van der Waals surface area contributed by atoms with Gasteiger partial charge in [0.15, 0.2) is 0 Å². The molecule has 1 rings (SSSR count). The van der Waals surface area contributed by atoms with E-state index in [4.69, 9.17) is 14.6 Å². The summed E-state index contributed by atoms with van der Waals surface area (Å²) >= 11 is 0. The molecule has 0 aromatic carbocycles. The summed E-state index contributed by atoms with van der Waals surface area (Å²) in [6.07, 6.45) is -0.925. The van der Waals surface area contributed by atoms with Gasteiger partial charge in [0, 0.05) is 7.11 Å². The van der Waals surface area contributed by atoms with E-state index in [0.717, 1.165) is 6.42 Å². The Labute approximate surface area is 83.8 Å². The lowest BCUT2D eigenvalue weighted by atomic mass is 9.92. The van der Waals surface area contributed by atoms with Gasteiger partial charge in [-0.15, -0.1) is 0 Å². The van der Waals surface area contributed by atoms with Gasteiger partial charge in [-0.25, -0.2) is 0 Å². The maximum absolute atomic E-state index is 9.86. The van der Waals surface area contributed by atoms with Crippen LogP contribution in [0.1, 0.15) is 13.3 Å². The van der Waals surface area contributed by atoms with Gasteiger partial charge in [0.2, 0.25) is 0 Å². The van der Waals surface area contributed by atoms with E-state index >= 15 is 0 Å². The highest BCUT2D eigenvalue weighted by molar-refractivity contribution is 4.91. The minimum absolute atomic E-state index is 0.103. The number of hydrogen-bond acceptors (Lipinski definition) is 4. The molecular weight excluding hydrogens is 186 g/mol. The van der Waals surface area contributed by atoms with Crippen molar-refractivity contribution >= 4 is 0 Å². The molecule has 5 N–H and O–H groups in total. The second-order valence-corrected chi connectivity index (χ2v) is 3.66. The molecule has 14 heavy (non-hydrogen) atoms. The SMILES string of the molecule is CCC1OC(CO)C(OC)C(O)C1[NH3+].